The highest BCUT2D eigenvalue weighted by molar-refractivity contribution is 8.00. The topological polar surface area (TPSA) is 46.2 Å². The Balaban J connectivity index is 3.22. The van der Waals surface area contributed by atoms with Crippen LogP contribution in [0.5, 0.6) is 0 Å². The second-order valence-corrected chi connectivity index (χ2v) is 4.06. The van der Waals surface area contributed by atoms with Crippen molar-refractivity contribution in [2.45, 2.75) is 24.3 Å². The van der Waals surface area contributed by atoms with Crippen molar-refractivity contribution < 1.29 is 5.11 Å². The lowest BCUT2D eigenvalue weighted by molar-refractivity contribution is 0.300. The zero-order valence-corrected chi connectivity index (χ0v) is 6.82. The van der Waals surface area contributed by atoms with Gasteiger partial charge in [0.25, 0.3) is 0 Å². The van der Waals surface area contributed by atoms with E-state index in [0.717, 1.165) is 0 Å². The molecule has 0 rings (SSSR count). The molecule has 0 aromatic heterocycles. The molecule has 3 N–H and O–H groups in total. The first-order chi connectivity index (χ1) is 4.20. The van der Waals surface area contributed by atoms with Gasteiger partial charge in [-0.25, -0.2) is 0 Å². The Bertz CT molecular complexity index is 62.1. The number of rotatable bonds is 4. The summed E-state index contributed by atoms with van der Waals surface area (Å²) in [5.41, 5.74) is 5.37. The van der Waals surface area contributed by atoms with Gasteiger partial charge in [-0.2, -0.15) is 11.8 Å². The molecule has 0 aliphatic rings. The van der Waals surface area contributed by atoms with Gasteiger partial charge in [0, 0.05) is 17.0 Å². The molecule has 0 aliphatic heterocycles. The molecule has 2 nitrogen and oxygen atoms in total. The predicted octanol–water partition coefficient (Wildman–Crippen LogP) is 0.448. The molecular weight excluding hydrogens is 134 g/mol. The van der Waals surface area contributed by atoms with Crippen LogP contribution >= 0.6 is 11.8 Å². The smallest absolute Gasteiger partial charge is 0.0547 e. The van der Waals surface area contributed by atoms with Crippen LogP contribution in [-0.4, -0.2) is 28.8 Å². The summed E-state index contributed by atoms with van der Waals surface area (Å²) >= 11 is 1.72. The van der Waals surface area contributed by atoms with Crippen molar-refractivity contribution in [3.8, 4) is 0 Å². The minimum Gasteiger partial charge on any atom is -0.395 e. The molecule has 0 aromatic carbocycles. The maximum Gasteiger partial charge on any atom is 0.0547 e. The quantitative estimate of drug-likeness (QED) is 0.610. The lowest BCUT2D eigenvalue weighted by Gasteiger charge is -2.12. The molecule has 0 fully saturated rings. The van der Waals surface area contributed by atoms with Gasteiger partial charge in [0.1, 0.15) is 0 Å². The predicted molar refractivity (Wildman–Crippen MR) is 42.7 cm³/mol. The van der Waals surface area contributed by atoms with Crippen LogP contribution in [0.25, 0.3) is 0 Å². The van der Waals surface area contributed by atoms with E-state index in [4.69, 9.17) is 10.8 Å². The summed E-state index contributed by atoms with van der Waals surface area (Å²) in [5.74, 6) is 0. The molecule has 2 unspecified atom stereocenters. The van der Waals surface area contributed by atoms with E-state index in [2.05, 4.69) is 6.92 Å². The molecule has 0 amide bonds. The molecule has 0 heterocycles. The van der Waals surface area contributed by atoms with E-state index in [-0.39, 0.29) is 6.61 Å². The van der Waals surface area contributed by atoms with Gasteiger partial charge in [0.2, 0.25) is 0 Å². The Morgan fingerprint density at radius 2 is 2.00 bits per heavy atom. The fourth-order valence-corrected chi connectivity index (χ4v) is 1.49. The van der Waals surface area contributed by atoms with E-state index in [1.165, 1.54) is 0 Å². The highest BCUT2D eigenvalue weighted by Gasteiger charge is 2.04. The van der Waals surface area contributed by atoms with Crippen molar-refractivity contribution in [3.05, 3.63) is 0 Å². The molecule has 0 aliphatic carbocycles. The van der Waals surface area contributed by atoms with Gasteiger partial charge in [-0.15, -0.1) is 0 Å². The fourth-order valence-electron chi connectivity index (χ4n) is 0.495. The van der Waals surface area contributed by atoms with Gasteiger partial charge in [0.15, 0.2) is 0 Å². The number of aliphatic hydroxyl groups excluding tert-OH is 1. The van der Waals surface area contributed by atoms with E-state index in [9.17, 15) is 0 Å². The van der Waals surface area contributed by atoms with Crippen molar-refractivity contribution in [1.29, 1.82) is 0 Å². The third-order valence-electron chi connectivity index (χ3n) is 1.05. The van der Waals surface area contributed by atoms with Gasteiger partial charge < -0.3 is 10.8 Å². The summed E-state index contributed by atoms with van der Waals surface area (Å²) in [4.78, 5) is 0. The molecule has 0 radical (unpaired) electrons. The number of aliphatic hydroxyl groups is 1. The first kappa shape index (κ1) is 9.27. The molecular formula is C6H15NOS. The molecule has 56 valence electrons. The maximum absolute atomic E-state index is 8.62. The average Bonchev–Trinajstić information content (AvgIpc) is 1.87. The van der Waals surface area contributed by atoms with Crippen LogP contribution in [0.1, 0.15) is 13.8 Å². The number of hydrogen-bond acceptors (Lipinski definition) is 3. The van der Waals surface area contributed by atoms with Crippen molar-refractivity contribution in [1.82, 2.24) is 0 Å². The highest BCUT2D eigenvalue weighted by Crippen LogP contribution is 2.14. The van der Waals surface area contributed by atoms with E-state index in [0.29, 0.717) is 17.0 Å². The normalized spacial score (nSPS) is 17.3. The number of thioether (sulfide) groups is 1. The van der Waals surface area contributed by atoms with Crippen LogP contribution in [0.4, 0.5) is 0 Å². The molecule has 3 heteroatoms. The lowest BCUT2D eigenvalue weighted by atomic mass is 10.5. The van der Waals surface area contributed by atoms with Gasteiger partial charge in [-0.3, -0.25) is 0 Å². The van der Waals surface area contributed by atoms with Gasteiger partial charge in [-0.1, -0.05) is 13.8 Å². The van der Waals surface area contributed by atoms with Crippen LogP contribution in [0, 0.1) is 0 Å². The summed E-state index contributed by atoms with van der Waals surface area (Å²) in [6.45, 7) is 5.00. The second kappa shape index (κ2) is 5.09. The first-order valence-electron chi connectivity index (χ1n) is 3.17. The molecule has 0 saturated carbocycles. The van der Waals surface area contributed by atoms with Crippen LogP contribution in [0.15, 0.2) is 0 Å². The standard InChI is InChI=1S/C6H15NOS/c1-5(3-7)9-6(2)4-8/h5-6,8H,3-4,7H2,1-2H3. The minimum atomic E-state index is 0.245. The SMILES string of the molecule is CC(CN)SC(C)CO. The first-order valence-corrected chi connectivity index (χ1v) is 4.11. The molecule has 0 saturated heterocycles. The molecule has 0 aromatic rings. The van der Waals surface area contributed by atoms with Gasteiger partial charge in [0.05, 0.1) is 6.61 Å². The van der Waals surface area contributed by atoms with Crippen LogP contribution in [0.3, 0.4) is 0 Å². The molecule has 2 atom stereocenters. The average molecular weight is 149 g/mol. The van der Waals surface area contributed by atoms with Crippen molar-refractivity contribution in [2.75, 3.05) is 13.2 Å². The third-order valence-corrected chi connectivity index (χ3v) is 2.32. The molecule has 0 bridgehead atoms. The summed E-state index contributed by atoms with van der Waals surface area (Å²) in [7, 11) is 0. The van der Waals surface area contributed by atoms with Crippen LogP contribution in [0.2, 0.25) is 0 Å². The largest absolute Gasteiger partial charge is 0.395 e. The van der Waals surface area contributed by atoms with E-state index in [1.54, 1.807) is 11.8 Å². The van der Waals surface area contributed by atoms with Crippen molar-refractivity contribution in [2.24, 2.45) is 5.73 Å². The number of nitrogens with two attached hydrogens (primary N) is 1. The minimum absolute atomic E-state index is 0.245. The Morgan fingerprint density at radius 3 is 2.33 bits per heavy atom. The van der Waals surface area contributed by atoms with Crippen LogP contribution < -0.4 is 5.73 Å². The van der Waals surface area contributed by atoms with Gasteiger partial charge in [-0.05, 0) is 0 Å². The summed E-state index contributed by atoms with van der Waals surface area (Å²) < 4.78 is 0. The fraction of sp³-hybridized carbons (Fsp3) is 1.00. The molecule has 0 spiro atoms. The zero-order valence-electron chi connectivity index (χ0n) is 6.00. The second-order valence-electron chi connectivity index (χ2n) is 2.18. The summed E-state index contributed by atoms with van der Waals surface area (Å²) in [5, 5.41) is 9.41. The summed E-state index contributed by atoms with van der Waals surface area (Å²) in [6, 6.07) is 0. The Hall–Kier alpha value is 0.270. The van der Waals surface area contributed by atoms with E-state index < -0.39 is 0 Å². The lowest BCUT2D eigenvalue weighted by Crippen LogP contribution is -2.17. The zero-order chi connectivity index (χ0) is 7.28. The van der Waals surface area contributed by atoms with Gasteiger partial charge >= 0.3 is 0 Å². The molecule has 9 heavy (non-hydrogen) atoms. The Labute approximate surface area is 60.8 Å². The van der Waals surface area contributed by atoms with Crippen LogP contribution in [-0.2, 0) is 0 Å². The van der Waals surface area contributed by atoms with E-state index >= 15 is 0 Å². The highest BCUT2D eigenvalue weighted by atomic mass is 32.2. The third kappa shape index (κ3) is 4.75. The Morgan fingerprint density at radius 1 is 1.44 bits per heavy atom. The van der Waals surface area contributed by atoms with Crippen molar-refractivity contribution in [3.63, 3.8) is 0 Å². The Kier molecular flexibility index (Phi) is 5.24. The summed E-state index contributed by atoms with van der Waals surface area (Å²) in [6.07, 6.45) is 0. The van der Waals surface area contributed by atoms with Crippen molar-refractivity contribution >= 4 is 11.8 Å². The number of hydrogen-bond donors (Lipinski definition) is 2. The van der Waals surface area contributed by atoms with E-state index in [1.807, 2.05) is 6.92 Å². The monoisotopic (exact) mass is 149 g/mol. The maximum atomic E-state index is 8.62.